The van der Waals surface area contributed by atoms with Crippen molar-refractivity contribution >= 4 is 34.2 Å². The van der Waals surface area contributed by atoms with Crippen molar-refractivity contribution in [3.63, 3.8) is 0 Å². The van der Waals surface area contributed by atoms with Crippen LogP contribution in [0.25, 0.3) is 11.0 Å². The van der Waals surface area contributed by atoms with Gasteiger partial charge in [-0.25, -0.2) is 4.98 Å². The summed E-state index contributed by atoms with van der Waals surface area (Å²) in [4.78, 5) is 35.6. The topological polar surface area (TPSA) is 123 Å². The first kappa shape index (κ1) is 26.7. The smallest absolute Gasteiger partial charge is 0.258 e. The standard InChI is InChI=1S/C29H33N5O4/c1-18-10-13-24(26(16-18)38-15-6-5-14-30)34(3)29(36)20-11-12-22(25(17-20)37-4)33-28(35)21-8-7-9-23-27(21)32-19(2)31-23/h7-13,16-17H,5-6,14-15,30H2,1-4H3,(H,31,32)(H,33,35). The van der Waals surface area contributed by atoms with E-state index in [0.717, 1.165) is 29.7 Å². The number of hydrogen-bond donors (Lipinski definition) is 3. The fourth-order valence-corrected chi connectivity index (χ4v) is 4.20. The molecule has 0 spiro atoms. The SMILES string of the molecule is COc1cc(C(=O)N(C)c2ccc(C)cc2OCCCCN)ccc1NC(=O)c1cccc2[nH]c(C)nc12. The van der Waals surface area contributed by atoms with Crippen molar-refractivity contribution < 1.29 is 19.1 Å². The molecule has 4 N–H and O–H groups in total. The minimum Gasteiger partial charge on any atom is -0.495 e. The number of rotatable bonds is 10. The quantitative estimate of drug-likeness (QED) is 0.260. The van der Waals surface area contributed by atoms with Crippen molar-refractivity contribution in [1.82, 2.24) is 9.97 Å². The van der Waals surface area contributed by atoms with Gasteiger partial charge in [0, 0.05) is 12.6 Å². The summed E-state index contributed by atoms with van der Waals surface area (Å²) in [5.74, 6) is 1.16. The monoisotopic (exact) mass is 515 g/mol. The van der Waals surface area contributed by atoms with E-state index >= 15 is 0 Å². The van der Waals surface area contributed by atoms with Crippen LogP contribution in [0.15, 0.2) is 54.6 Å². The second-order valence-corrected chi connectivity index (χ2v) is 9.07. The maximum absolute atomic E-state index is 13.4. The number of benzene rings is 3. The molecule has 4 rings (SSSR count). The van der Waals surface area contributed by atoms with Gasteiger partial charge in [0.15, 0.2) is 0 Å². The van der Waals surface area contributed by atoms with Crippen LogP contribution in [0.2, 0.25) is 0 Å². The number of aryl methyl sites for hydroxylation is 2. The Morgan fingerprint density at radius 2 is 1.87 bits per heavy atom. The molecule has 0 aliphatic rings. The van der Waals surface area contributed by atoms with Gasteiger partial charge < -0.3 is 30.4 Å². The number of unbranched alkanes of at least 4 members (excludes halogenated alkanes) is 1. The van der Waals surface area contributed by atoms with Crippen LogP contribution in [0.5, 0.6) is 11.5 Å². The van der Waals surface area contributed by atoms with Gasteiger partial charge in [0.1, 0.15) is 22.8 Å². The van der Waals surface area contributed by atoms with Gasteiger partial charge in [-0.05, 0) is 81.3 Å². The number of aromatic amines is 1. The highest BCUT2D eigenvalue weighted by atomic mass is 16.5. The summed E-state index contributed by atoms with van der Waals surface area (Å²) in [5.41, 5.74) is 9.93. The van der Waals surface area contributed by atoms with Gasteiger partial charge in [-0.1, -0.05) is 12.1 Å². The molecular weight excluding hydrogens is 482 g/mol. The normalized spacial score (nSPS) is 10.9. The van der Waals surface area contributed by atoms with Crippen molar-refractivity contribution in [3.8, 4) is 11.5 Å². The third-order valence-corrected chi connectivity index (χ3v) is 6.21. The lowest BCUT2D eigenvalue weighted by molar-refractivity contribution is 0.0990. The number of methoxy groups -OCH3 is 1. The number of amides is 2. The molecule has 0 saturated heterocycles. The first-order valence-electron chi connectivity index (χ1n) is 12.5. The van der Waals surface area contributed by atoms with Crippen LogP contribution in [-0.2, 0) is 0 Å². The highest BCUT2D eigenvalue weighted by Gasteiger charge is 2.20. The molecule has 0 radical (unpaired) electrons. The Morgan fingerprint density at radius 3 is 2.63 bits per heavy atom. The van der Waals surface area contributed by atoms with E-state index in [4.69, 9.17) is 15.2 Å². The van der Waals surface area contributed by atoms with Crippen LogP contribution in [0, 0.1) is 13.8 Å². The zero-order valence-electron chi connectivity index (χ0n) is 22.1. The van der Waals surface area contributed by atoms with Crippen LogP contribution in [0.3, 0.4) is 0 Å². The first-order valence-corrected chi connectivity index (χ1v) is 12.5. The number of nitrogens with zero attached hydrogens (tertiary/aromatic N) is 2. The summed E-state index contributed by atoms with van der Waals surface area (Å²) in [6.07, 6.45) is 1.70. The number of nitrogens with one attached hydrogen (secondary N) is 2. The lowest BCUT2D eigenvalue weighted by Crippen LogP contribution is -2.27. The van der Waals surface area contributed by atoms with Gasteiger partial charge >= 0.3 is 0 Å². The number of nitrogens with two attached hydrogens (primary N) is 1. The van der Waals surface area contributed by atoms with Crippen molar-refractivity contribution in [2.24, 2.45) is 5.73 Å². The van der Waals surface area contributed by atoms with Crippen molar-refractivity contribution in [2.75, 3.05) is 37.5 Å². The van der Waals surface area contributed by atoms with Gasteiger partial charge in [-0.2, -0.15) is 0 Å². The summed E-state index contributed by atoms with van der Waals surface area (Å²) < 4.78 is 11.5. The Balaban J connectivity index is 1.55. The number of fused-ring (bicyclic) bond motifs is 1. The van der Waals surface area contributed by atoms with Crippen molar-refractivity contribution in [2.45, 2.75) is 26.7 Å². The highest BCUT2D eigenvalue weighted by Crippen LogP contribution is 2.32. The molecular formula is C29H33N5O4. The number of carbonyl (C=O) groups is 2. The van der Waals surface area contributed by atoms with E-state index in [2.05, 4.69) is 15.3 Å². The van der Waals surface area contributed by atoms with Gasteiger partial charge in [0.25, 0.3) is 11.8 Å². The molecule has 4 aromatic rings. The molecule has 0 saturated carbocycles. The number of imidazole rings is 1. The average Bonchev–Trinajstić information content (AvgIpc) is 3.30. The van der Waals surface area contributed by atoms with E-state index in [1.807, 2.05) is 38.1 Å². The third kappa shape index (κ3) is 5.78. The molecule has 9 nitrogen and oxygen atoms in total. The molecule has 0 fully saturated rings. The van der Waals surface area contributed by atoms with Gasteiger partial charge in [0.2, 0.25) is 0 Å². The van der Waals surface area contributed by atoms with Crippen LogP contribution in [0.4, 0.5) is 11.4 Å². The number of carbonyl (C=O) groups excluding carboxylic acids is 2. The molecule has 0 unspecified atom stereocenters. The molecule has 2 amide bonds. The average molecular weight is 516 g/mol. The van der Waals surface area contributed by atoms with E-state index < -0.39 is 0 Å². The van der Waals surface area contributed by atoms with Crippen molar-refractivity contribution in [1.29, 1.82) is 0 Å². The molecule has 0 bridgehead atoms. The van der Waals surface area contributed by atoms with Crippen LogP contribution in [-0.4, -0.2) is 49.1 Å². The summed E-state index contributed by atoms with van der Waals surface area (Å²) >= 11 is 0. The molecule has 0 atom stereocenters. The van der Waals surface area contributed by atoms with E-state index in [9.17, 15) is 9.59 Å². The second-order valence-electron chi connectivity index (χ2n) is 9.07. The Bertz CT molecular complexity index is 1460. The van der Waals surface area contributed by atoms with E-state index in [-0.39, 0.29) is 11.8 Å². The highest BCUT2D eigenvalue weighted by molar-refractivity contribution is 6.12. The molecule has 38 heavy (non-hydrogen) atoms. The predicted octanol–water partition coefficient (Wildman–Crippen LogP) is 4.83. The van der Waals surface area contributed by atoms with E-state index in [1.54, 1.807) is 42.3 Å². The van der Waals surface area contributed by atoms with E-state index in [0.29, 0.717) is 52.7 Å². The van der Waals surface area contributed by atoms with Crippen molar-refractivity contribution in [3.05, 3.63) is 77.1 Å². The number of aromatic nitrogens is 2. The van der Waals surface area contributed by atoms with Gasteiger partial charge in [0.05, 0.1) is 36.2 Å². The molecule has 1 aromatic heterocycles. The number of hydrogen-bond acceptors (Lipinski definition) is 6. The zero-order valence-corrected chi connectivity index (χ0v) is 22.1. The molecule has 0 aliphatic carbocycles. The van der Waals surface area contributed by atoms with Gasteiger partial charge in [-0.15, -0.1) is 0 Å². The number of ether oxygens (including phenoxy) is 2. The zero-order chi connectivity index (χ0) is 27.2. The van der Waals surface area contributed by atoms with Gasteiger partial charge in [-0.3, -0.25) is 9.59 Å². The summed E-state index contributed by atoms with van der Waals surface area (Å²) in [5, 5.41) is 2.88. The van der Waals surface area contributed by atoms with Crippen LogP contribution < -0.4 is 25.4 Å². The maximum Gasteiger partial charge on any atom is 0.258 e. The Morgan fingerprint density at radius 1 is 1.05 bits per heavy atom. The number of anilines is 2. The summed E-state index contributed by atoms with van der Waals surface area (Å²) in [7, 11) is 3.20. The third-order valence-electron chi connectivity index (χ3n) is 6.21. The molecule has 9 heteroatoms. The molecule has 3 aromatic carbocycles. The fourth-order valence-electron chi connectivity index (χ4n) is 4.20. The fraction of sp³-hybridized carbons (Fsp3) is 0.276. The number of para-hydroxylation sites is 1. The second kappa shape index (κ2) is 11.8. The molecule has 1 heterocycles. The minimum atomic E-state index is -0.326. The van der Waals surface area contributed by atoms with Crippen LogP contribution >= 0.6 is 0 Å². The summed E-state index contributed by atoms with van der Waals surface area (Å²) in [6, 6.07) is 16.0. The van der Waals surface area contributed by atoms with E-state index in [1.165, 1.54) is 7.11 Å². The number of H-pyrrole nitrogens is 1. The largest absolute Gasteiger partial charge is 0.495 e. The summed E-state index contributed by atoms with van der Waals surface area (Å²) in [6.45, 7) is 4.94. The Hall–Kier alpha value is -4.37. The molecule has 198 valence electrons. The Labute approximate surface area is 222 Å². The molecule has 0 aliphatic heterocycles. The first-order chi connectivity index (χ1) is 18.3. The Kier molecular flexibility index (Phi) is 8.28. The van der Waals surface area contributed by atoms with Crippen LogP contribution in [0.1, 0.15) is 44.9 Å². The lowest BCUT2D eigenvalue weighted by Gasteiger charge is -2.22. The maximum atomic E-state index is 13.4. The predicted molar refractivity (Wildman–Crippen MR) is 149 cm³/mol. The minimum absolute atomic E-state index is 0.242. The lowest BCUT2D eigenvalue weighted by atomic mass is 10.1.